The number of hydrogen-bond acceptors (Lipinski definition) is 6. The van der Waals surface area contributed by atoms with Crippen molar-refractivity contribution in [3.05, 3.63) is 47.2 Å². The Hall–Kier alpha value is -2.54. The predicted molar refractivity (Wildman–Crippen MR) is 94.7 cm³/mol. The molecular formula is C18H23N5O2. The molecule has 0 N–H and O–H groups in total. The summed E-state index contributed by atoms with van der Waals surface area (Å²) in [7, 11) is 3.87. The Morgan fingerprint density at radius 2 is 2.12 bits per heavy atom. The van der Waals surface area contributed by atoms with Crippen LogP contribution in [0.4, 0.5) is 5.82 Å². The van der Waals surface area contributed by atoms with Crippen molar-refractivity contribution in [2.24, 2.45) is 0 Å². The molecule has 0 spiro atoms. The molecule has 1 aliphatic heterocycles. The normalized spacial score (nSPS) is 17.4. The molecule has 1 atom stereocenters. The Labute approximate surface area is 147 Å². The predicted octanol–water partition coefficient (Wildman–Crippen LogP) is 1.77. The fourth-order valence-electron chi connectivity index (χ4n) is 2.86. The highest BCUT2D eigenvalue weighted by molar-refractivity contribution is 5.94. The fraction of sp³-hybridized carbons (Fsp3) is 0.444. The number of pyridine rings is 1. The topological polar surface area (TPSA) is 71.5 Å². The number of anilines is 1. The first-order valence-electron chi connectivity index (χ1n) is 8.30. The molecule has 2 aromatic rings. The molecule has 7 heteroatoms. The molecule has 1 saturated heterocycles. The van der Waals surface area contributed by atoms with Crippen LogP contribution in [0.3, 0.4) is 0 Å². The van der Waals surface area contributed by atoms with Gasteiger partial charge in [0.1, 0.15) is 17.6 Å². The number of aryl methyl sites for hydroxylation is 2. The second-order valence-corrected chi connectivity index (χ2v) is 6.38. The molecule has 2 aromatic heterocycles. The summed E-state index contributed by atoms with van der Waals surface area (Å²) in [6.07, 6.45) is 1.64. The standard InChI is InChI=1S/C18H23N5O2/c1-12-6-5-7-19-16(12)18(24)23-8-9-25-11-14(23)17-20-13(2)10-15(21-17)22(3)4/h5-7,10,14H,8-9,11H2,1-4H3. The minimum atomic E-state index is -0.318. The van der Waals surface area contributed by atoms with Gasteiger partial charge in [0.2, 0.25) is 0 Å². The molecule has 0 aliphatic carbocycles. The van der Waals surface area contributed by atoms with Gasteiger partial charge in [0, 0.05) is 38.6 Å². The van der Waals surface area contributed by atoms with E-state index in [4.69, 9.17) is 4.74 Å². The van der Waals surface area contributed by atoms with E-state index >= 15 is 0 Å². The van der Waals surface area contributed by atoms with Crippen LogP contribution in [0, 0.1) is 13.8 Å². The van der Waals surface area contributed by atoms with Crippen LogP contribution in [-0.2, 0) is 4.74 Å². The minimum absolute atomic E-state index is 0.108. The summed E-state index contributed by atoms with van der Waals surface area (Å²) in [5.41, 5.74) is 2.19. The molecule has 0 radical (unpaired) electrons. The van der Waals surface area contributed by atoms with Crippen molar-refractivity contribution in [1.82, 2.24) is 19.9 Å². The van der Waals surface area contributed by atoms with Crippen molar-refractivity contribution in [3.63, 3.8) is 0 Å². The smallest absolute Gasteiger partial charge is 0.273 e. The summed E-state index contributed by atoms with van der Waals surface area (Å²) < 4.78 is 5.62. The van der Waals surface area contributed by atoms with Gasteiger partial charge in [-0.25, -0.2) is 9.97 Å². The van der Waals surface area contributed by atoms with Gasteiger partial charge in [-0.3, -0.25) is 9.78 Å². The van der Waals surface area contributed by atoms with Crippen molar-refractivity contribution in [1.29, 1.82) is 0 Å². The first-order chi connectivity index (χ1) is 12.0. The monoisotopic (exact) mass is 341 g/mol. The zero-order chi connectivity index (χ0) is 18.0. The van der Waals surface area contributed by atoms with Gasteiger partial charge in [0.15, 0.2) is 5.82 Å². The highest BCUT2D eigenvalue weighted by Crippen LogP contribution is 2.25. The average molecular weight is 341 g/mol. The molecule has 25 heavy (non-hydrogen) atoms. The van der Waals surface area contributed by atoms with Gasteiger partial charge in [-0.05, 0) is 25.5 Å². The van der Waals surface area contributed by atoms with E-state index in [1.807, 2.05) is 51.0 Å². The number of amides is 1. The number of nitrogens with zero attached hydrogens (tertiary/aromatic N) is 5. The van der Waals surface area contributed by atoms with Crippen LogP contribution in [0.25, 0.3) is 0 Å². The van der Waals surface area contributed by atoms with Crippen LogP contribution in [0.15, 0.2) is 24.4 Å². The molecule has 132 valence electrons. The average Bonchev–Trinajstić information content (AvgIpc) is 2.61. The van der Waals surface area contributed by atoms with Crippen LogP contribution < -0.4 is 4.90 Å². The Morgan fingerprint density at radius 1 is 1.32 bits per heavy atom. The number of morpholine rings is 1. The lowest BCUT2D eigenvalue weighted by atomic mass is 10.1. The van der Waals surface area contributed by atoms with E-state index in [9.17, 15) is 4.79 Å². The Bertz CT molecular complexity index is 778. The summed E-state index contributed by atoms with van der Waals surface area (Å²) in [5, 5.41) is 0. The van der Waals surface area contributed by atoms with Crippen LogP contribution in [0.5, 0.6) is 0 Å². The summed E-state index contributed by atoms with van der Waals surface area (Å²) in [6.45, 7) is 5.20. The molecule has 1 fully saturated rings. The third-order valence-corrected chi connectivity index (χ3v) is 4.22. The number of hydrogen-bond donors (Lipinski definition) is 0. The first-order valence-corrected chi connectivity index (χ1v) is 8.30. The van der Waals surface area contributed by atoms with Gasteiger partial charge in [-0.2, -0.15) is 0 Å². The van der Waals surface area contributed by atoms with Gasteiger partial charge < -0.3 is 14.5 Å². The van der Waals surface area contributed by atoms with E-state index in [1.165, 1.54) is 0 Å². The molecule has 1 unspecified atom stereocenters. The van der Waals surface area contributed by atoms with E-state index in [2.05, 4.69) is 15.0 Å². The van der Waals surface area contributed by atoms with Crippen LogP contribution in [0.1, 0.15) is 33.6 Å². The minimum Gasteiger partial charge on any atom is -0.377 e. The second-order valence-electron chi connectivity index (χ2n) is 6.38. The first kappa shape index (κ1) is 17.3. The molecule has 3 rings (SSSR count). The lowest BCUT2D eigenvalue weighted by Gasteiger charge is -2.35. The van der Waals surface area contributed by atoms with Gasteiger partial charge in [0.25, 0.3) is 5.91 Å². The molecule has 1 aliphatic rings. The second kappa shape index (κ2) is 7.14. The van der Waals surface area contributed by atoms with E-state index in [1.54, 1.807) is 11.1 Å². The zero-order valence-corrected chi connectivity index (χ0v) is 15.1. The van der Waals surface area contributed by atoms with Gasteiger partial charge in [-0.15, -0.1) is 0 Å². The van der Waals surface area contributed by atoms with Crippen LogP contribution in [0.2, 0.25) is 0 Å². The van der Waals surface area contributed by atoms with Crippen molar-refractivity contribution in [2.45, 2.75) is 19.9 Å². The lowest BCUT2D eigenvalue weighted by Crippen LogP contribution is -2.44. The third kappa shape index (κ3) is 3.61. The quantitative estimate of drug-likeness (QED) is 0.847. The van der Waals surface area contributed by atoms with E-state index < -0.39 is 0 Å². The fourth-order valence-corrected chi connectivity index (χ4v) is 2.86. The van der Waals surface area contributed by atoms with Crippen molar-refractivity contribution in [2.75, 3.05) is 38.8 Å². The summed E-state index contributed by atoms with van der Waals surface area (Å²) >= 11 is 0. The lowest BCUT2D eigenvalue weighted by molar-refractivity contribution is -0.00558. The van der Waals surface area contributed by atoms with Crippen molar-refractivity contribution in [3.8, 4) is 0 Å². The molecule has 0 bridgehead atoms. The number of carbonyl (C=O) groups excluding carboxylic acids is 1. The van der Waals surface area contributed by atoms with Crippen molar-refractivity contribution < 1.29 is 9.53 Å². The van der Waals surface area contributed by atoms with E-state index in [0.29, 0.717) is 31.3 Å². The summed E-state index contributed by atoms with van der Waals surface area (Å²) in [6, 6.07) is 5.32. The maximum Gasteiger partial charge on any atom is 0.273 e. The van der Waals surface area contributed by atoms with Gasteiger partial charge >= 0.3 is 0 Å². The van der Waals surface area contributed by atoms with Gasteiger partial charge in [-0.1, -0.05) is 6.07 Å². The molecule has 7 nitrogen and oxygen atoms in total. The number of ether oxygens (including phenoxy) is 1. The highest BCUT2D eigenvalue weighted by atomic mass is 16.5. The molecule has 0 aromatic carbocycles. The highest BCUT2D eigenvalue weighted by Gasteiger charge is 2.33. The molecular weight excluding hydrogens is 318 g/mol. The largest absolute Gasteiger partial charge is 0.377 e. The number of rotatable bonds is 3. The van der Waals surface area contributed by atoms with Crippen LogP contribution >= 0.6 is 0 Å². The molecule has 3 heterocycles. The van der Waals surface area contributed by atoms with E-state index in [0.717, 1.165) is 17.1 Å². The van der Waals surface area contributed by atoms with Gasteiger partial charge in [0.05, 0.1) is 13.2 Å². The Morgan fingerprint density at radius 3 is 2.84 bits per heavy atom. The Kier molecular flexibility index (Phi) is 4.94. The number of carbonyl (C=O) groups is 1. The SMILES string of the molecule is Cc1cc(N(C)C)nc(C2COCCN2C(=O)c2ncccc2C)n1. The Balaban J connectivity index is 1.97. The van der Waals surface area contributed by atoms with E-state index in [-0.39, 0.29) is 11.9 Å². The summed E-state index contributed by atoms with van der Waals surface area (Å²) in [5.74, 6) is 1.31. The maximum absolute atomic E-state index is 13.0. The maximum atomic E-state index is 13.0. The summed E-state index contributed by atoms with van der Waals surface area (Å²) in [4.78, 5) is 30.2. The molecule has 0 saturated carbocycles. The van der Waals surface area contributed by atoms with Crippen molar-refractivity contribution >= 4 is 11.7 Å². The zero-order valence-electron chi connectivity index (χ0n) is 15.1. The third-order valence-electron chi connectivity index (χ3n) is 4.22. The molecule has 1 amide bonds. The van der Waals surface area contributed by atoms with Crippen LogP contribution in [-0.4, -0.2) is 59.6 Å². The number of aromatic nitrogens is 3.